The van der Waals surface area contributed by atoms with Gasteiger partial charge in [0.25, 0.3) is 0 Å². The van der Waals surface area contributed by atoms with E-state index in [2.05, 4.69) is 56.7 Å². The zero-order valence-electron chi connectivity index (χ0n) is 17.7. The van der Waals surface area contributed by atoms with E-state index in [1.54, 1.807) is 7.05 Å². The SMILES string of the molecule is CN=C(NCCc1nc(C(F)(F)F)cs1)NC1CCN(Cc2cccc(C)c2)CC1.I. The van der Waals surface area contributed by atoms with Gasteiger partial charge in [-0.3, -0.25) is 9.89 Å². The minimum atomic E-state index is -4.38. The van der Waals surface area contributed by atoms with Crippen LogP contribution in [0.25, 0.3) is 0 Å². The number of piperidine rings is 1. The summed E-state index contributed by atoms with van der Waals surface area (Å²) in [5, 5.41) is 8.14. The average Bonchev–Trinajstić information content (AvgIpc) is 3.18. The molecule has 1 aliphatic heterocycles. The highest BCUT2D eigenvalue weighted by molar-refractivity contribution is 14.0. The molecule has 2 heterocycles. The number of hydrogen-bond acceptors (Lipinski definition) is 4. The second-order valence-corrected chi connectivity index (χ2v) is 8.50. The van der Waals surface area contributed by atoms with Crippen LogP contribution < -0.4 is 10.6 Å². The van der Waals surface area contributed by atoms with E-state index in [0.717, 1.165) is 49.2 Å². The molecule has 0 atom stereocenters. The molecule has 0 amide bonds. The Morgan fingerprint density at radius 1 is 1.29 bits per heavy atom. The number of nitrogens with zero attached hydrogens (tertiary/aromatic N) is 3. The van der Waals surface area contributed by atoms with Gasteiger partial charge in [-0.25, -0.2) is 4.98 Å². The molecule has 0 aliphatic carbocycles. The molecule has 172 valence electrons. The lowest BCUT2D eigenvalue weighted by Crippen LogP contribution is -2.48. The number of likely N-dealkylation sites (tertiary alicyclic amines) is 1. The average molecular weight is 567 g/mol. The van der Waals surface area contributed by atoms with Gasteiger partial charge in [0.2, 0.25) is 0 Å². The second kappa shape index (κ2) is 12.0. The maximum atomic E-state index is 12.6. The molecule has 2 aromatic rings. The number of rotatable bonds is 6. The smallest absolute Gasteiger partial charge is 0.356 e. The number of alkyl halides is 3. The fraction of sp³-hybridized carbons (Fsp3) is 0.524. The molecule has 0 radical (unpaired) electrons. The van der Waals surface area contributed by atoms with Gasteiger partial charge in [0.1, 0.15) is 0 Å². The second-order valence-electron chi connectivity index (χ2n) is 7.56. The highest BCUT2D eigenvalue weighted by Crippen LogP contribution is 2.30. The van der Waals surface area contributed by atoms with Crippen molar-refractivity contribution in [2.24, 2.45) is 4.99 Å². The van der Waals surface area contributed by atoms with Crippen LogP contribution >= 0.6 is 35.3 Å². The summed E-state index contributed by atoms with van der Waals surface area (Å²) in [4.78, 5) is 10.4. The summed E-state index contributed by atoms with van der Waals surface area (Å²) in [7, 11) is 1.70. The Kier molecular flexibility index (Phi) is 10.0. The van der Waals surface area contributed by atoms with Gasteiger partial charge in [-0.1, -0.05) is 29.8 Å². The van der Waals surface area contributed by atoms with Gasteiger partial charge in [0, 0.05) is 51.1 Å². The van der Waals surface area contributed by atoms with Crippen LogP contribution in [-0.4, -0.2) is 48.6 Å². The molecule has 1 fully saturated rings. The Bertz CT molecular complexity index is 848. The van der Waals surface area contributed by atoms with Crippen LogP contribution in [0.15, 0.2) is 34.6 Å². The van der Waals surface area contributed by atoms with E-state index < -0.39 is 11.9 Å². The number of hydrogen-bond donors (Lipinski definition) is 2. The van der Waals surface area contributed by atoms with Crippen LogP contribution in [-0.2, 0) is 19.1 Å². The van der Waals surface area contributed by atoms with E-state index in [9.17, 15) is 13.2 Å². The first-order valence-electron chi connectivity index (χ1n) is 10.1. The monoisotopic (exact) mass is 567 g/mol. The predicted octanol–water partition coefficient (Wildman–Crippen LogP) is 4.46. The van der Waals surface area contributed by atoms with Crippen molar-refractivity contribution in [1.29, 1.82) is 0 Å². The van der Waals surface area contributed by atoms with Crippen molar-refractivity contribution in [3.05, 3.63) is 51.5 Å². The number of benzene rings is 1. The highest BCUT2D eigenvalue weighted by Gasteiger charge is 2.33. The van der Waals surface area contributed by atoms with Crippen molar-refractivity contribution in [3.63, 3.8) is 0 Å². The van der Waals surface area contributed by atoms with Crippen molar-refractivity contribution in [1.82, 2.24) is 20.5 Å². The van der Waals surface area contributed by atoms with Crippen LogP contribution in [0.4, 0.5) is 13.2 Å². The Hall–Kier alpha value is -1.40. The van der Waals surface area contributed by atoms with E-state index in [4.69, 9.17) is 0 Å². The number of nitrogens with one attached hydrogen (secondary N) is 2. The largest absolute Gasteiger partial charge is 0.434 e. The van der Waals surface area contributed by atoms with Gasteiger partial charge in [-0.15, -0.1) is 35.3 Å². The van der Waals surface area contributed by atoms with Gasteiger partial charge >= 0.3 is 6.18 Å². The molecular formula is C21H29F3IN5S. The number of thiazole rings is 1. The quantitative estimate of drug-likeness (QED) is 0.308. The van der Waals surface area contributed by atoms with Gasteiger partial charge in [-0.05, 0) is 25.3 Å². The third-order valence-electron chi connectivity index (χ3n) is 5.11. The molecule has 31 heavy (non-hydrogen) atoms. The molecule has 3 rings (SSSR count). The summed E-state index contributed by atoms with van der Waals surface area (Å²) in [6.45, 7) is 5.59. The molecule has 2 N–H and O–H groups in total. The summed E-state index contributed by atoms with van der Waals surface area (Å²) in [5.41, 5.74) is 1.81. The van der Waals surface area contributed by atoms with E-state index in [-0.39, 0.29) is 24.0 Å². The normalized spacial score (nSPS) is 16.1. The van der Waals surface area contributed by atoms with Crippen LogP contribution in [0.5, 0.6) is 0 Å². The van der Waals surface area contributed by atoms with Crippen LogP contribution in [0, 0.1) is 6.92 Å². The number of aromatic nitrogens is 1. The van der Waals surface area contributed by atoms with E-state index in [1.807, 2.05) is 0 Å². The third kappa shape index (κ3) is 8.23. The molecule has 0 unspecified atom stereocenters. The van der Waals surface area contributed by atoms with E-state index >= 15 is 0 Å². The molecule has 1 aliphatic rings. The number of aliphatic imine (C=N–C) groups is 1. The van der Waals surface area contributed by atoms with Gasteiger partial charge < -0.3 is 10.6 Å². The summed E-state index contributed by atoms with van der Waals surface area (Å²) >= 11 is 1.04. The van der Waals surface area contributed by atoms with Crippen molar-refractivity contribution < 1.29 is 13.2 Å². The Morgan fingerprint density at radius 3 is 2.65 bits per heavy atom. The number of guanidine groups is 1. The van der Waals surface area contributed by atoms with Crippen LogP contribution in [0.2, 0.25) is 0 Å². The van der Waals surface area contributed by atoms with Crippen molar-refractivity contribution >= 4 is 41.3 Å². The van der Waals surface area contributed by atoms with E-state index in [1.165, 1.54) is 11.1 Å². The first kappa shape index (κ1) is 25.9. The molecule has 0 spiro atoms. The van der Waals surface area contributed by atoms with Gasteiger partial charge in [-0.2, -0.15) is 13.2 Å². The molecular weight excluding hydrogens is 538 g/mol. The van der Waals surface area contributed by atoms with Crippen molar-refractivity contribution in [2.75, 3.05) is 26.7 Å². The van der Waals surface area contributed by atoms with Gasteiger partial charge in [0.15, 0.2) is 11.7 Å². The lowest BCUT2D eigenvalue weighted by Gasteiger charge is -2.33. The van der Waals surface area contributed by atoms with Crippen LogP contribution in [0.1, 0.15) is 34.7 Å². The predicted molar refractivity (Wildman–Crippen MR) is 130 cm³/mol. The molecule has 0 saturated carbocycles. The summed E-state index contributed by atoms with van der Waals surface area (Å²) < 4.78 is 37.9. The zero-order chi connectivity index (χ0) is 21.6. The van der Waals surface area contributed by atoms with Crippen molar-refractivity contribution in [3.8, 4) is 0 Å². The molecule has 0 bridgehead atoms. The number of aryl methyl sites for hydroxylation is 1. The third-order valence-corrected chi connectivity index (χ3v) is 6.02. The lowest BCUT2D eigenvalue weighted by atomic mass is 10.0. The highest BCUT2D eigenvalue weighted by atomic mass is 127. The topological polar surface area (TPSA) is 52.6 Å². The molecule has 5 nitrogen and oxygen atoms in total. The molecule has 1 saturated heterocycles. The number of halogens is 4. The fourth-order valence-corrected chi connectivity index (χ4v) is 4.34. The Morgan fingerprint density at radius 2 is 2.03 bits per heavy atom. The first-order chi connectivity index (χ1) is 14.3. The van der Waals surface area contributed by atoms with Crippen molar-refractivity contribution in [2.45, 2.75) is 44.9 Å². The Balaban J connectivity index is 0.00000341. The summed E-state index contributed by atoms with van der Waals surface area (Å²) in [5.74, 6) is 0.680. The summed E-state index contributed by atoms with van der Waals surface area (Å²) in [6.07, 6.45) is -1.91. The minimum absolute atomic E-state index is 0. The molecule has 1 aromatic heterocycles. The van der Waals surface area contributed by atoms with E-state index in [0.29, 0.717) is 30.0 Å². The molecule has 1 aromatic carbocycles. The maximum absolute atomic E-state index is 12.6. The molecule has 10 heteroatoms. The maximum Gasteiger partial charge on any atom is 0.434 e. The summed E-state index contributed by atoms with van der Waals surface area (Å²) in [6, 6.07) is 8.95. The Labute approximate surface area is 202 Å². The minimum Gasteiger partial charge on any atom is -0.356 e. The van der Waals surface area contributed by atoms with Crippen LogP contribution in [0.3, 0.4) is 0 Å². The fourth-order valence-electron chi connectivity index (χ4n) is 3.54. The standard InChI is InChI=1S/C21H28F3N5S.HI/c1-15-4-3-5-16(12-15)13-29-10-7-17(8-11-29)27-20(25-2)26-9-6-19-28-18(14-30-19)21(22,23)24;/h3-5,12,14,17H,6-11,13H2,1-2H3,(H2,25,26,27);1H. The lowest BCUT2D eigenvalue weighted by molar-refractivity contribution is -0.140. The first-order valence-corrected chi connectivity index (χ1v) is 11.0. The van der Waals surface area contributed by atoms with Gasteiger partial charge in [0.05, 0.1) is 5.01 Å². The zero-order valence-corrected chi connectivity index (χ0v) is 20.9.